The molecule has 0 amide bonds. The molecule has 0 fully saturated rings. The minimum atomic E-state index is 0.612. The predicted octanol–water partition coefficient (Wildman–Crippen LogP) is 3.87. The second-order valence-corrected chi connectivity index (χ2v) is 3.34. The summed E-state index contributed by atoms with van der Waals surface area (Å²) in [6, 6.07) is 5.72. The van der Waals surface area contributed by atoms with Crippen LogP contribution in [0.2, 0.25) is 5.02 Å². The fourth-order valence-corrected chi connectivity index (χ4v) is 1.45. The van der Waals surface area contributed by atoms with Gasteiger partial charge in [0, 0.05) is 11.5 Å². The summed E-state index contributed by atoms with van der Waals surface area (Å²) in [7, 11) is 0. The van der Waals surface area contributed by atoms with Gasteiger partial charge in [0.05, 0.1) is 11.6 Å². The molecule has 0 aliphatic carbocycles. The van der Waals surface area contributed by atoms with Crippen molar-refractivity contribution in [2.45, 2.75) is 13.8 Å². The number of rotatable bonds is 4. The number of allylic oxidation sites excluding steroid dienone is 1. The molecular weight excluding hydrogens is 196 g/mol. The minimum absolute atomic E-state index is 0.612. The van der Waals surface area contributed by atoms with Crippen molar-refractivity contribution in [3.05, 3.63) is 47.4 Å². The molecule has 0 aliphatic heterocycles. The van der Waals surface area contributed by atoms with Crippen molar-refractivity contribution >= 4 is 11.6 Å². The summed E-state index contributed by atoms with van der Waals surface area (Å²) in [5.41, 5.74) is 1.01. The molecule has 0 spiro atoms. The van der Waals surface area contributed by atoms with Crippen LogP contribution in [0.4, 0.5) is 0 Å². The van der Waals surface area contributed by atoms with Gasteiger partial charge in [0.1, 0.15) is 5.75 Å². The lowest BCUT2D eigenvalue weighted by Gasteiger charge is -2.14. The number of halogens is 1. The average molecular weight is 210 g/mol. The molecule has 0 heterocycles. The van der Waals surface area contributed by atoms with Gasteiger partial charge in [0.25, 0.3) is 0 Å². The number of hydrogen-bond donors (Lipinski definition) is 0. The van der Waals surface area contributed by atoms with Crippen LogP contribution in [0.15, 0.2) is 30.9 Å². The monoisotopic (exact) mass is 209 g/mol. The normalized spacial score (nSPS) is 10.3. The highest BCUT2D eigenvalue weighted by Crippen LogP contribution is 2.33. The van der Waals surface area contributed by atoms with E-state index in [1.165, 1.54) is 0 Å². The van der Waals surface area contributed by atoms with E-state index in [1.54, 1.807) is 6.08 Å². The van der Waals surface area contributed by atoms with Gasteiger partial charge < -0.3 is 4.74 Å². The van der Waals surface area contributed by atoms with Gasteiger partial charge in [0.2, 0.25) is 0 Å². The Morgan fingerprint density at radius 1 is 1.57 bits per heavy atom. The Morgan fingerprint density at radius 3 is 2.86 bits per heavy atom. The smallest absolute Gasteiger partial charge is 0.141 e. The Labute approximate surface area is 90.3 Å². The maximum atomic E-state index is 6.04. The van der Waals surface area contributed by atoms with E-state index < -0.39 is 0 Å². The fraction of sp³-hybridized carbons (Fsp3) is 0.250. The number of para-hydroxylation sites is 1. The first-order valence-corrected chi connectivity index (χ1v) is 4.96. The van der Waals surface area contributed by atoms with E-state index in [2.05, 4.69) is 6.58 Å². The first-order chi connectivity index (χ1) is 6.70. The Bertz CT molecular complexity index is 320. The third-order valence-electron chi connectivity index (χ3n) is 1.99. The minimum Gasteiger partial charge on any atom is -0.492 e. The maximum absolute atomic E-state index is 6.04. The largest absolute Gasteiger partial charge is 0.492 e. The Hall–Kier alpha value is -0.950. The van der Waals surface area contributed by atoms with Crippen LogP contribution in [0.5, 0.6) is 5.75 Å². The van der Waals surface area contributed by atoms with Crippen LogP contribution in [0, 0.1) is 5.92 Å². The second-order valence-electron chi connectivity index (χ2n) is 2.94. The Kier molecular flexibility index (Phi) is 4.02. The highest BCUT2D eigenvalue weighted by molar-refractivity contribution is 6.32. The first kappa shape index (κ1) is 11.1. The molecule has 0 atom stereocenters. The van der Waals surface area contributed by atoms with Crippen molar-refractivity contribution in [1.29, 1.82) is 0 Å². The molecule has 2 heteroatoms. The van der Waals surface area contributed by atoms with E-state index in [0.29, 0.717) is 11.6 Å². The number of benzene rings is 1. The molecule has 0 saturated carbocycles. The van der Waals surface area contributed by atoms with E-state index in [1.807, 2.05) is 32.0 Å². The lowest BCUT2D eigenvalue weighted by molar-refractivity contribution is 0.338. The van der Waals surface area contributed by atoms with E-state index >= 15 is 0 Å². The number of ether oxygens (including phenoxy) is 1. The van der Waals surface area contributed by atoms with E-state index in [-0.39, 0.29) is 0 Å². The molecule has 0 aliphatic rings. The molecule has 1 aromatic carbocycles. The highest BCUT2D eigenvalue weighted by atomic mass is 35.5. The summed E-state index contributed by atoms with van der Waals surface area (Å²) < 4.78 is 5.49. The van der Waals surface area contributed by atoms with Crippen molar-refractivity contribution in [3.8, 4) is 5.75 Å². The van der Waals surface area contributed by atoms with E-state index in [4.69, 9.17) is 16.3 Å². The van der Waals surface area contributed by atoms with Crippen LogP contribution < -0.4 is 4.74 Å². The van der Waals surface area contributed by atoms with E-state index in [0.717, 1.165) is 17.2 Å². The van der Waals surface area contributed by atoms with Crippen LogP contribution in [0.1, 0.15) is 19.4 Å². The number of hydrogen-bond acceptors (Lipinski definition) is 1. The van der Waals surface area contributed by atoms with Gasteiger partial charge in [-0.25, -0.2) is 0 Å². The fourth-order valence-electron chi connectivity index (χ4n) is 1.22. The zero-order chi connectivity index (χ0) is 10.6. The molecule has 14 heavy (non-hydrogen) atoms. The highest BCUT2D eigenvalue weighted by Gasteiger charge is 2.11. The quantitative estimate of drug-likeness (QED) is 0.732. The van der Waals surface area contributed by atoms with Gasteiger partial charge in [0.15, 0.2) is 0 Å². The van der Waals surface area contributed by atoms with Gasteiger partial charge in [-0.3, -0.25) is 0 Å². The van der Waals surface area contributed by atoms with Crippen LogP contribution >= 0.6 is 11.6 Å². The summed E-state index contributed by atoms with van der Waals surface area (Å²) in [5, 5.41) is 0.644. The summed E-state index contributed by atoms with van der Waals surface area (Å²) in [6.45, 7) is 8.27. The zero-order valence-electron chi connectivity index (χ0n) is 8.51. The topological polar surface area (TPSA) is 9.23 Å². The standard InChI is InChI=1S/C12H14ClO/c1-4-9(3)10-7-6-8-11(13)12(10)14-5-2/h4,6-8H,1,5H2,2-3H3. The van der Waals surface area contributed by atoms with Crippen LogP contribution in [-0.2, 0) is 0 Å². The lowest BCUT2D eigenvalue weighted by Crippen LogP contribution is -1.99. The molecule has 1 radical (unpaired) electrons. The molecule has 0 unspecified atom stereocenters. The molecule has 1 rings (SSSR count). The van der Waals surface area contributed by atoms with Crippen molar-refractivity contribution < 1.29 is 4.74 Å². The van der Waals surface area contributed by atoms with E-state index in [9.17, 15) is 0 Å². The van der Waals surface area contributed by atoms with Crippen LogP contribution in [-0.4, -0.2) is 6.61 Å². The van der Waals surface area contributed by atoms with Gasteiger partial charge >= 0.3 is 0 Å². The van der Waals surface area contributed by atoms with Gasteiger partial charge in [-0.15, -0.1) is 6.58 Å². The van der Waals surface area contributed by atoms with Crippen molar-refractivity contribution in [3.63, 3.8) is 0 Å². The molecule has 75 valence electrons. The van der Waals surface area contributed by atoms with Crippen molar-refractivity contribution in [2.24, 2.45) is 0 Å². The summed E-state index contributed by atoms with van der Waals surface area (Å²) in [4.78, 5) is 0. The van der Waals surface area contributed by atoms with Gasteiger partial charge in [-0.05, 0) is 13.0 Å². The zero-order valence-corrected chi connectivity index (χ0v) is 9.27. The SMILES string of the molecule is C=C[C](C)c1cccc(Cl)c1OCC. The summed E-state index contributed by atoms with van der Waals surface area (Å²) in [5.74, 6) is 1.81. The molecule has 0 bridgehead atoms. The average Bonchev–Trinajstić information content (AvgIpc) is 2.20. The van der Waals surface area contributed by atoms with Gasteiger partial charge in [-0.1, -0.05) is 36.7 Å². The first-order valence-electron chi connectivity index (χ1n) is 4.58. The van der Waals surface area contributed by atoms with Crippen molar-refractivity contribution in [1.82, 2.24) is 0 Å². The third-order valence-corrected chi connectivity index (χ3v) is 2.28. The Morgan fingerprint density at radius 2 is 2.29 bits per heavy atom. The van der Waals surface area contributed by atoms with Crippen LogP contribution in [0.3, 0.4) is 0 Å². The lowest BCUT2D eigenvalue weighted by atomic mass is 10.0. The molecule has 0 N–H and O–H groups in total. The molecular formula is C12H14ClO. The van der Waals surface area contributed by atoms with Crippen LogP contribution in [0.25, 0.3) is 0 Å². The summed E-state index contributed by atoms with van der Waals surface area (Å²) >= 11 is 6.04. The Balaban J connectivity index is 3.13. The molecule has 0 saturated heterocycles. The third kappa shape index (κ3) is 2.30. The predicted molar refractivity (Wildman–Crippen MR) is 60.8 cm³/mol. The maximum Gasteiger partial charge on any atom is 0.141 e. The summed E-state index contributed by atoms with van der Waals surface area (Å²) in [6.07, 6.45) is 1.80. The molecule has 0 aromatic heterocycles. The molecule has 1 nitrogen and oxygen atoms in total. The van der Waals surface area contributed by atoms with Gasteiger partial charge in [-0.2, -0.15) is 0 Å². The molecule has 1 aromatic rings. The van der Waals surface area contributed by atoms with Crippen molar-refractivity contribution in [2.75, 3.05) is 6.61 Å². The second kappa shape index (κ2) is 5.06.